The lowest BCUT2D eigenvalue weighted by Crippen LogP contribution is -2.57. The molecule has 3 N–H and O–H groups in total. The van der Waals surface area contributed by atoms with Gasteiger partial charge < -0.3 is 25.4 Å². The average molecular weight is 496 g/mol. The molecule has 0 aliphatic carbocycles. The van der Waals surface area contributed by atoms with Gasteiger partial charge in [-0.3, -0.25) is 19.2 Å². The maximum Gasteiger partial charge on any atom is 0.243 e. The van der Waals surface area contributed by atoms with Gasteiger partial charge in [0.15, 0.2) is 5.78 Å². The van der Waals surface area contributed by atoms with Crippen molar-refractivity contribution in [1.29, 1.82) is 0 Å². The van der Waals surface area contributed by atoms with E-state index in [2.05, 4.69) is 16.0 Å². The van der Waals surface area contributed by atoms with E-state index in [4.69, 9.17) is 9.47 Å². The van der Waals surface area contributed by atoms with Crippen LogP contribution >= 0.6 is 0 Å². The van der Waals surface area contributed by atoms with E-state index in [1.165, 1.54) is 13.8 Å². The molecule has 1 fully saturated rings. The van der Waals surface area contributed by atoms with E-state index in [9.17, 15) is 19.2 Å². The minimum absolute atomic E-state index is 0.175. The first-order chi connectivity index (χ1) is 17.1. The normalized spacial score (nSPS) is 18.8. The number of carbonyl (C=O) groups excluding carboxylic acids is 4. The van der Waals surface area contributed by atoms with Crippen LogP contribution in [0.15, 0.2) is 54.6 Å². The molecule has 3 amide bonds. The van der Waals surface area contributed by atoms with Gasteiger partial charge in [0.25, 0.3) is 0 Å². The second kappa shape index (κ2) is 11.8. The fraction of sp³-hybridized carbons (Fsp3) is 0.407. The molecular formula is C27H33N3O6. The number of methoxy groups -OCH3 is 1. The third kappa shape index (κ3) is 7.39. The van der Waals surface area contributed by atoms with Crippen molar-refractivity contribution in [1.82, 2.24) is 16.0 Å². The van der Waals surface area contributed by atoms with Crippen LogP contribution < -0.4 is 20.7 Å². The summed E-state index contributed by atoms with van der Waals surface area (Å²) in [5.41, 5.74) is 0.740. The molecule has 1 aliphatic heterocycles. The van der Waals surface area contributed by atoms with Gasteiger partial charge in [-0.15, -0.1) is 0 Å². The second-order valence-electron chi connectivity index (χ2n) is 9.17. The molecule has 192 valence electrons. The number of amides is 3. The predicted octanol–water partition coefficient (Wildman–Crippen LogP) is 1.33. The Hall–Kier alpha value is -3.72. The maximum atomic E-state index is 13.5. The summed E-state index contributed by atoms with van der Waals surface area (Å²) in [5.74, 6) is -0.940. The Morgan fingerprint density at radius 1 is 0.889 bits per heavy atom. The van der Waals surface area contributed by atoms with Crippen LogP contribution in [-0.4, -0.2) is 60.9 Å². The molecule has 0 aromatic heterocycles. The summed E-state index contributed by atoms with van der Waals surface area (Å²) >= 11 is 0. The summed E-state index contributed by atoms with van der Waals surface area (Å²) in [6.45, 7) is 4.84. The Morgan fingerprint density at radius 2 is 1.44 bits per heavy atom. The van der Waals surface area contributed by atoms with Crippen LogP contribution in [0.3, 0.4) is 0 Å². The number of benzene rings is 2. The highest BCUT2D eigenvalue weighted by molar-refractivity contribution is 5.98. The van der Waals surface area contributed by atoms with Gasteiger partial charge >= 0.3 is 0 Å². The van der Waals surface area contributed by atoms with E-state index in [0.29, 0.717) is 12.4 Å². The molecule has 0 bridgehead atoms. The van der Waals surface area contributed by atoms with Crippen LogP contribution in [0, 0.1) is 0 Å². The standard InChI is InChI=1S/C27H33N3O6/c1-17(28-18(2)31)25(33)30-23(15-20-10-12-21(35-4)13-11-20)26(34)29-22(24(32)27(3)16-36-27)14-19-8-6-5-7-9-19/h5-13,17,22-23H,14-16H2,1-4H3,(H,28,31)(H,29,34)(H,30,33). The van der Waals surface area contributed by atoms with Crippen molar-refractivity contribution in [3.05, 3.63) is 65.7 Å². The van der Waals surface area contributed by atoms with Gasteiger partial charge in [0.1, 0.15) is 23.4 Å². The summed E-state index contributed by atoms with van der Waals surface area (Å²) < 4.78 is 10.5. The van der Waals surface area contributed by atoms with E-state index in [-0.39, 0.29) is 24.5 Å². The smallest absolute Gasteiger partial charge is 0.243 e. The molecule has 0 spiro atoms. The van der Waals surface area contributed by atoms with E-state index in [0.717, 1.165) is 11.1 Å². The zero-order chi connectivity index (χ0) is 26.3. The topological polar surface area (TPSA) is 126 Å². The van der Waals surface area contributed by atoms with E-state index in [1.54, 1.807) is 38.3 Å². The summed E-state index contributed by atoms with van der Waals surface area (Å²) in [7, 11) is 1.56. The number of nitrogens with one attached hydrogen (secondary N) is 3. The van der Waals surface area contributed by atoms with E-state index < -0.39 is 35.5 Å². The number of carbonyl (C=O) groups is 4. The Bertz CT molecular complexity index is 1080. The number of epoxide rings is 1. The van der Waals surface area contributed by atoms with Crippen LogP contribution in [0.5, 0.6) is 5.75 Å². The molecule has 1 saturated heterocycles. The fourth-order valence-corrected chi connectivity index (χ4v) is 3.82. The van der Waals surface area contributed by atoms with Crippen LogP contribution in [-0.2, 0) is 36.8 Å². The summed E-state index contributed by atoms with van der Waals surface area (Å²) in [6.07, 6.45) is 0.463. The number of Topliss-reactive ketones (excluding diaryl/α,β-unsaturated/α-hetero) is 1. The number of hydrogen-bond acceptors (Lipinski definition) is 6. The van der Waals surface area contributed by atoms with Crippen molar-refractivity contribution >= 4 is 23.5 Å². The lowest BCUT2D eigenvalue weighted by molar-refractivity contribution is -0.133. The van der Waals surface area contributed by atoms with Crippen molar-refractivity contribution in [3.63, 3.8) is 0 Å². The molecule has 2 aromatic rings. The highest BCUT2D eigenvalue weighted by Crippen LogP contribution is 2.29. The van der Waals surface area contributed by atoms with Crippen molar-refractivity contribution in [2.24, 2.45) is 0 Å². The van der Waals surface area contributed by atoms with Gasteiger partial charge in [-0.1, -0.05) is 42.5 Å². The number of rotatable bonds is 12. The Balaban J connectivity index is 1.81. The van der Waals surface area contributed by atoms with Crippen LogP contribution in [0.2, 0.25) is 0 Å². The molecule has 3 rings (SSSR count). The first-order valence-corrected chi connectivity index (χ1v) is 11.8. The van der Waals surface area contributed by atoms with Gasteiger partial charge in [-0.25, -0.2) is 0 Å². The Labute approximate surface area is 210 Å². The van der Waals surface area contributed by atoms with Gasteiger partial charge in [-0.2, -0.15) is 0 Å². The van der Waals surface area contributed by atoms with Gasteiger partial charge in [0.05, 0.1) is 19.8 Å². The Kier molecular flexibility index (Phi) is 8.82. The predicted molar refractivity (Wildman–Crippen MR) is 133 cm³/mol. The lowest BCUT2D eigenvalue weighted by atomic mass is 9.94. The van der Waals surface area contributed by atoms with Gasteiger partial charge in [0.2, 0.25) is 17.7 Å². The Morgan fingerprint density at radius 3 is 2.00 bits per heavy atom. The molecule has 36 heavy (non-hydrogen) atoms. The van der Waals surface area contributed by atoms with Crippen molar-refractivity contribution in [3.8, 4) is 5.75 Å². The first-order valence-electron chi connectivity index (χ1n) is 11.8. The highest BCUT2D eigenvalue weighted by atomic mass is 16.6. The third-order valence-electron chi connectivity index (χ3n) is 6.06. The van der Waals surface area contributed by atoms with E-state index in [1.807, 2.05) is 30.3 Å². The van der Waals surface area contributed by atoms with Crippen LogP contribution in [0.4, 0.5) is 0 Å². The van der Waals surface area contributed by atoms with Crippen LogP contribution in [0.25, 0.3) is 0 Å². The lowest BCUT2D eigenvalue weighted by Gasteiger charge is -2.25. The molecule has 0 radical (unpaired) electrons. The summed E-state index contributed by atoms with van der Waals surface area (Å²) in [6, 6.07) is 13.8. The molecule has 2 aromatic carbocycles. The third-order valence-corrected chi connectivity index (χ3v) is 6.06. The monoisotopic (exact) mass is 495 g/mol. The zero-order valence-corrected chi connectivity index (χ0v) is 21.0. The molecule has 0 saturated carbocycles. The molecule has 1 heterocycles. The average Bonchev–Trinajstić information content (AvgIpc) is 3.61. The molecular weight excluding hydrogens is 462 g/mol. The minimum Gasteiger partial charge on any atom is -0.497 e. The molecule has 9 heteroatoms. The maximum absolute atomic E-state index is 13.5. The highest BCUT2D eigenvalue weighted by Gasteiger charge is 2.50. The quantitative estimate of drug-likeness (QED) is 0.382. The van der Waals surface area contributed by atoms with Crippen molar-refractivity contribution < 1.29 is 28.7 Å². The summed E-state index contributed by atoms with van der Waals surface area (Å²) in [4.78, 5) is 50.8. The van der Waals surface area contributed by atoms with Crippen molar-refractivity contribution in [2.75, 3.05) is 13.7 Å². The first kappa shape index (κ1) is 26.9. The van der Waals surface area contributed by atoms with Crippen LogP contribution in [0.1, 0.15) is 31.9 Å². The van der Waals surface area contributed by atoms with E-state index >= 15 is 0 Å². The zero-order valence-electron chi connectivity index (χ0n) is 21.0. The van der Waals surface area contributed by atoms with Crippen molar-refractivity contribution in [2.45, 2.75) is 57.3 Å². The second-order valence-corrected chi connectivity index (χ2v) is 9.17. The summed E-state index contributed by atoms with van der Waals surface area (Å²) in [5, 5.41) is 8.08. The molecule has 1 aliphatic rings. The molecule has 4 unspecified atom stereocenters. The molecule has 9 nitrogen and oxygen atoms in total. The largest absolute Gasteiger partial charge is 0.497 e. The minimum atomic E-state index is -0.985. The number of ketones is 1. The fourth-order valence-electron chi connectivity index (χ4n) is 3.82. The number of hydrogen-bond donors (Lipinski definition) is 3. The van der Waals surface area contributed by atoms with Gasteiger partial charge in [-0.05, 0) is 43.5 Å². The van der Waals surface area contributed by atoms with Gasteiger partial charge in [0, 0.05) is 13.3 Å². The number of ether oxygens (including phenoxy) is 2. The SMILES string of the molecule is COc1ccc(CC(NC(=O)C(C)NC(C)=O)C(=O)NC(Cc2ccccc2)C(=O)C2(C)CO2)cc1. The molecule has 4 atom stereocenters.